The number of ether oxygens (including phenoxy) is 3. The molecule has 1 aliphatic heterocycles. The van der Waals surface area contributed by atoms with Gasteiger partial charge in [-0.25, -0.2) is 0 Å². The van der Waals surface area contributed by atoms with Crippen molar-refractivity contribution in [3.8, 4) is 0 Å². The van der Waals surface area contributed by atoms with Crippen molar-refractivity contribution in [3.05, 3.63) is 75.8 Å². The third kappa shape index (κ3) is 5.78. The predicted octanol–water partition coefficient (Wildman–Crippen LogP) is 3.15. The molecule has 9 heteroatoms. The summed E-state index contributed by atoms with van der Waals surface area (Å²) >= 11 is 0. The van der Waals surface area contributed by atoms with Crippen LogP contribution in [0, 0.1) is 15.5 Å². The molecule has 0 saturated carbocycles. The molecule has 2 aromatic rings. The van der Waals surface area contributed by atoms with Gasteiger partial charge in [-0.1, -0.05) is 42.5 Å². The minimum atomic E-state index is -1.81. The molecule has 34 heavy (non-hydrogen) atoms. The Morgan fingerprint density at radius 3 is 2.32 bits per heavy atom. The molecule has 3 rings (SSSR count). The fourth-order valence-electron chi connectivity index (χ4n) is 4.21. The van der Waals surface area contributed by atoms with Crippen molar-refractivity contribution in [1.29, 1.82) is 0 Å². The average Bonchev–Trinajstić information content (AvgIpc) is 2.83. The summed E-state index contributed by atoms with van der Waals surface area (Å²) in [5.41, 5.74) is -0.399. The van der Waals surface area contributed by atoms with Crippen LogP contribution in [0.25, 0.3) is 0 Å². The zero-order valence-corrected chi connectivity index (χ0v) is 19.5. The Balaban J connectivity index is 1.99. The third-order valence-electron chi connectivity index (χ3n) is 5.83. The van der Waals surface area contributed by atoms with Crippen LogP contribution in [-0.2, 0) is 36.8 Å². The molecular formula is C25H30N2O7. The molecule has 1 atom stereocenters. The number of hydrogen-bond donors (Lipinski definition) is 0. The number of carbonyl (C=O) groups is 2. The topological polar surface area (TPSA) is 108 Å². The molecule has 0 N–H and O–H groups in total. The molecule has 0 aromatic heterocycles. The lowest BCUT2D eigenvalue weighted by Gasteiger charge is -2.42. The second-order valence-electron chi connectivity index (χ2n) is 8.10. The first-order valence-electron chi connectivity index (χ1n) is 11.4. The molecule has 0 spiro atoms. The Kier molecular flexibility index (Phi) is 8.72. The summed E-state index contributed by atoms with van der Waals surface area (Å²) in [6, 6.07) is 15.8. The Morgan fingerprint density at radius 1 is 1.06 bits per heavy atom. The number of carbonyl (C=O) groups excluding carboxylic acids is 2. The SMILES string of the molecule is CCOC(=O)C(Cc1cccc([N+](=O)[O-])c1)(C(=O)OCC)C1CN(Cc2ccccc2)CCO1. The van der Waals surface area contributed by atoms with E-state index >= 15 is 0 Å². The van der Waals surface area contributed by atoms with Gasteiger partial charge in [-0.05, 0) is 25.0 Å². The highest BCUT2D eigenvalue weighted by Gasteiger charge is 2.57. The number of morpholine rings is 1. The maximum Gasteiger partial charge on any atom is 0.326 e. The number of esters is 2. The molecular weight excluding hydrogens is 440 g/mol. The molecule has 2 aromatic carbocycles. The zero-order chi connectivity index (χ0) is 24.6. The molecule has 182 valence electrons. The lowest BCUT2D eigenvalue weighted by Crippen LogP contribution is -2.59. The normalized spacial score (nSPS) is 16.6. The van der Waals surface area contributed by atoms with Gasteiger partial charge in [-0.3, -0.25) is 24.6 Å². The Bertz CT molecular complexity index is 978. The van der Waals surface area contributed by atoms with Crippen LogP contribution in [0.1, 0.15) is 25.0 Å². The standard InChI is InChI=1S/C25H30N2O7/c1-3-32-23(28)25(24(29)33-4-2,16-20-11-8-12-21(15-20)27(30)31)22-18-26(13-14-34-22)17-19-9-6-5-7-10-19/h5-12,15,22H,3-4,13-14,16-18H2,1-2H3. The van der Waals surface area contributed by atoms with Crippen LogP contribution < -0.4 is 0 Å². The summed E-state index contributed by atoms with van der Waals surface area (Å²) < 4.78 is 16.7. The number of hydrogen-bond acceptors (Lipinski definition) is 8. The van der Waals surface area contributed by atoms with Crippen LogP contribution in [-0.4, -0.2) is 60.8 Å². The Labute approximate surface area is 198 Å². The molecule has 9 nitrogen and oxygen atoms in total. The van der Waals surface area contributed by atoms with Crippen LogP contribution in [0.15, 0.2) is 54.6 Å². The first-order chi connectivity index (χ1) is 16.4. The van der Waals surface area contributed by atoms with Crippen LogP contribution in [0.5, 0.6) is 0 Å². The van der Waals surface area contributed by atoms with Gasteiger partial charge >= 0.3 is 11.9 Å². The van der Waals surface area contributed by atoms with Gasteiger partial charge in [0.2, 0.25) is 0 Å². The first-order valence-corrected chi connectivity index (χ1v) is 11.4. The smallest absolute Gasteiger partial charge is 0.326 e. The number of non-ortho nitro benzene ring substituents is 1. The number of nitro groups is 1. The van der Waals surface area contributed by atoms with E-state index < -0.39 is 28.4 Å². The minimum absolute atomic E-state index is 0.0649. The van der Waals surface area contributed by atoms with Crippen molar-refractivity contribution in [2.45, 2.75) is 32.9 Å². The Morgan fingerprint density at radius 2 is 1.71 bits per heavy atom. The van der Waals surface area contributed by atoms with Gasteiger partial charge in [0.1, 0.15) is 0 Å². The predicted molar refractivity (Wildman–Crippen MR) is 124 cm³/mol. The fourth-order valence-corrected chi connectivity index (χ4v) is 4.21. The second kappa shape index (κ2) is 11.7. The third-order valence-corrected chi connectivity index (χ3v) is 5.83. The zero-order valence-electron chi connectivity index (χ0n) is 19.5. The van der Waals surface area contributed by atoms with E-state index in [2.05, 4.69) is 4.90 Å². The van der Waals surface area contributed by atoms with Gasteiger partial charge in [0.25, 0.3) is 5.69 Å². The summed E-state index contributed by atoms with van der Waals surface area (Å²) in [5.74, 6) is -1.52. The van der Waals surface area contributed by atoms with Crippen molar-refractivity contribution in [1.82, 2.24) is 4.90 Å². The highest BCUT2D eigenvalue weighted by Crippen LogP contribution is 2.36. The average molecular weight is 471 g/mol. The summed E-state index contributed by atoms with van der Waals surface area (Å²) in [6.45, 7) is 5.30. The van der Waals surface area contributed by atoms with E-state index in [1.807, 2.05) is 30.3 Å². The van der Waals surface area contributed by atoms with E-state index in [9.17, 15) is 19.7 Å². The van der Waals surface area contributed by atoms with E-state index in [-0.39, 0.29) is 25.3 Å². The summed E-state index contributed by atoms with van der Waals surface area (Å²) in [5, 5.41) is 11.3. The maximum atomic E-state index is 13.4. The van der Waals surface area contributed by atoms with E-state index in [1.54, 1.807) is 19.9 Å². The molecule has 1 unspecified atom stereocenters. The van der Waals surface area contributed by atoms with Crippen LogP contribution in [0.3, 0.4) is 0 Å². The molecule has 1 aliphatic rings. The van der Waals surface area contributed by atoms with Gasteiger partial charge in [-0.15, -0.1) is 0 Å². The van der Waals surface area contributed by atoms with Crippen LogP contribution in [0.4, 0.5) is 5.69 Å². The molecule has 0 radical (unpaired) electrons. The van der Waals surface area contributed by atoms with Gasteiger partial charge in [0.15, 0.2) is 5.41 Å². The van der Waals surface area contributed by atoms with Gasteiger partial charge in [0.05, 0.1) is 30.8 Å². The Hall–Kier alpha value is -3.30. The summed E-state index contributed by atoms with van der Waals surface area (Å²) in [7, 11) is 0. The van der Waals surface area contributed by atoms with Gasteiger partial charge < -0.3 is 14.2 Å². The lowest BCUT2D eigenvalue weighted by atomic mass is 9.75. The monoisotopic (exact) mass is 470 g/mol. The van der Waals surface area contributed by atoms with E-state index in [0.717, 1.165) is 5.56 Å². The van der Waals surface area contributed by atoms with Crippen molar-refractivity contribution < 1.29 is 28.7 Å². The molecule has 1 saturated heterocycles. The van der Waals surface area contributed by atoms with Crippen molar-refractivity contribution in [2.24, 2.45) is 5.41 Å². The van der Waals surface area contributed by atoms with Gasteiger partial charge in [-0.2, -0.15) is 0 Å². The first kappa shape index (κ1) is 25.3. The second-order valence-corrected chi connectivity index (χ2v) is 8.10. The quantitative estimate of drug-likeness (QED) is 0.226. The number of nitrogens with zero attached hydrogens (tertiary/aromatic N) is 2. The lowest BCUT2D eigenvalue weighted by molar-refractivity contribution is -0.384. The largest absolute Gasteiger partial charge is 0.465 e. The number of nitro benzene ring substituents is 1. The highest BCUT2D eigenvalue weighted by atomic mass is 16.6. The molecule has 0 bridgehead atoms. The number of rotatable bonds is 10. The van der Waals surface area contributed by atoms with Crippen molar-refractivity contribution in [2.75, 3.05) is 32.9 Å². The summed E-state index contributed by atoms with van der Waals surface area (Å²) in [4.78, 5) is 39.7. The fraction of sp³-hybridized carbons (Fsp3) is 0.440. The molecule has 0 aliphatic carbocycles. The van der Waals surface area contributed by atoms with Crippen molar-refractivity contribution >= 4 is 17.6 Å². The van der Waals surface area contributed by atoms with E-state index in [4.69, 9.17) is 14.2 Å². The highest BCUT2D eigenvalue weighted by molar-refractivity contribution is 6.01. The van der Waals surface area contributed by atoms with E-state index in [0.29, 0.717) is 31.8 Å². The van der Waals surface area contributed by atoms with Crippen molar-refractivity contribution in [3.63, 3.8) is 0 Å². The molecule has 1 heterocycles. The molecule has 0 amide bonds. The minimum Gasteiger partial charge on any atom is -0.465 e. The van der Waals surface area contributed by atoms with Crippen LogP contribution >= 0.6 is 0 Å². The van der Waals surface area contributed by atoms with Crippen LogP contribution in [0.2, 0.25) is 0 Å². The number of benzene rings is 2. The maximum absolute atomic E-state index is 13.4. The molecule has 1 fully saturated rings. The van der Waals surface area contributed by atoms with Gasteiger partial charge in [0, 0.05) is 38.2 Å². The van der Waals surface area contributed by atoms with E-state index in [1.165, 1.54) is 18.2 Å². The summed E-state index contributed by atoms with van der Waals surface area (Å²) in [6.07, 6.45) is -1.00.